The number of carbonyl (C=O) groups excluding carboxylic acids is 1. The first-order chi connectivity index (χ1) is 12.2. The molecule has 0 aliphatic carbocycles. The van der Waals surface area contributed by atoms with E-state index in [4.69, 9.17) is 5.41 Å². The molecular weight excluding hydrogens is 318 g/mol. The van der Waals surface area contributed by atoms with Crippen LogP contribution < -0.4 is 5.43 Å². The molecule has 0 saturated heterocycles. The first-order valence-corrected chi connectivity index (χ1v) is 7.78. The Balaban J connectivity index is 1.41. The first kappa shape index (κ1) is 15.0. The van der Waals surface area contributed by atoms with Crippen molar-refractivity contribution in [2.24, 2.45) is 0 Å². The fourth-order valence-corrected chi connectivity index (χ4v) is 2.71. The number of nitrogens with one attached hydrogen (secondary N) is 2. The highest BCUT2D eigenvalue weighted by atomic mass is 16.2. The molecule has 8 heteroatoms. The molecule has 0 bridgehead atoms. The van der Waals surface area contributed by atoms with E-state index < -0.39 is 0 Å². The Labute approximate surface area is 143 Å². The highest BCUT2D eigenvalue weighted by Gasteiger charge is 2.25. The Kier molecular flexibility index (Phi) is 3.70. The normalized spacial score (nSPS) is 13.0. The third-order valence-electron chi connectivity index (χ3n) is 3.90. The number of amides is 1. The molecule has 124 valence electrons. The summed E-state index contributed by atoms with van der Waals surface area (Å²) < 4.78 is 0. The van der Waals surface area contributed by atoms with E-state index in [1.165, 1.54) is 9.81 Å². The first-order valence-electron chi connectivity index (χ1n) is 7.78. The monoisotopic (exact) mass is 333 g/mol. The van der Waals surface area contributed by atoms with Crippen molar-refractivity contribution in [3.8, 4) is 11.4 Å². The van der Waals surface area contributed by atoms with Crippen molar-refractivity contribution in [1.29, 1.82) is 5.41 Å². The highest BCUT2D eigenvalue weighted by Crippen LogP contribution is 2.20. The van der Waals surface area contributed by atoms with Gasteiger partial charge in [0.05, 0.1) is 6.54 Å². The minimum Gasteiger partial charge on any atom is -0.283 e. The Bertz CT molecular complexity index is 935. The number of hydrogen-bond donors (Lipinski definition) is 2. The fraction of sp³-hybridized carbons (Fsp3) is 0.118. The van der Waals surface area contributed by atoms with Gasteiger partial charge < -0.3 is 0 Å². The van der Waals surface area contributed by atoms with E-state index in [0.717, 1.165) is 16.7 Å². The largest absolute Gasteiger partial charge is 0.283 e. The molecule has 2 heterocycles. The minimum atomic E-state index is -0.311. The van der Waals surface area contributed by atoms with Gasteiger partial charge in [0.1, 0.15) is 12.4 Å². The van der Waals surface area contributed by atoms with E-state index in [0.29, 0.717) is 12.4 Å². The smallest absolute Gasteiger partial charge is 0.262 e. The van der Waals surface area contributed by atoms with Gasteiger partial charge in [0.25, 0.3) is 5.91 Å². The third kappa shape index (κ3) is 2.97. The summed E-state index contributed by atoms with van der Waals surface area (Å²) in [6.07, 6.45) is 0. The van der Waals surface area contributed by atoms with Crippen molar-refractivity contribution in [3.63, 3.8) is 0 Å². The van der Waals surface area contributed by atoms with Gasteiger partial charge in [0.2, 0.25) is 5.82 Å². The summed E-state index contributed by atoms with van der Waals surface area (Å²) in [7, 11) is 0. The Morgan fingerprint density at radius 3 is 2.68 bits per heavy atom. The number of hydrazine groups is 1. The van der Waals surface area contributed by atoms with Gasteiger partial charge in [-0.05, 0) is 10.8 Å². The lowest BCUT2D eigenvalue weighted by atomic mass is 10.1. The molecule has 2 N–H and O–H groups in total. The van der Waals surface area contributed by atoms with Crippen LogP contribution in [0.3, 0.4) is 0 Å². The lowest BCUT2D eigenvalue weighted by Crippen LogP contribution is -2.44. The van der Waals surface area contributed by atoms with E-state index in [-0.39, 0.29) is 18.3 Å². The average Bonchev–Trinajstić information content (AvgIpc) is 3.21. The van der Waals surface area contributed by atoms with E-state index in [9.17, 15) is 4.79 Å². The molecule has 1 aromatic heterocycles. The van der Waals surface area contributed by atoms with E-state index in [1.54, 1.807) is 0 Å². The molecule has 0 unspecified atom stereocenters. The molecule has 2 aromatic carbocycles. The quantitative estimate of drug-likeness (QED) is 0.747. The number of hydrogen-bond acceptors (Lipinski definition) is 5. The Morgan fingerprint density at radius 1 is 1.12 bits per heavy atom. The van der Waals surface area contributed by atoms with Crippen LogP contribution in [-0.2, 0) is 17.9 Å². The second-order valence-electron chi connectivity index (χ2n) is 5.64. The van der Waals surface area contributed by atoms with Crippen molar-refractivity contribution >= 4 is 11.7 Å². The number of nitrogens with zero attached hydrogens (tertiary/aromatic N) is 5. The predicted molar refractivity (Wildman–Crippen MR) is 90.2 cm³/mol. The molecule has 0 saturated carbocycles. The highest BCUT2D eigenvalue weighted by molar-refractivity contribution is 6.01. The summed E-state index contributed by atoms with van der Waals surface area (Å²) in [5, 5.41) is 21.7. The lowest BCUT2D eigenvalue weighted by Gasteiger charge is -2.18. The van der Waals surface area contributed by atoms with Gasteiger partial charge in [0.15, 0.2) is 0 Å². The predicted octanol–water partition coefficient (Wildman–Crippen LogP) is 1.21. The van der Waals surface area contributed by atoms with Crippen LogP contribution in [-0.4, -0.2) is 37.0 Å². The van der Waals surface area contributed by atoms with Crippen LogP contribution in [0.15, 0.2) is 54.6 Å². The number of carbonyl (C=O) groups is 1. The van der Waals surface area contributed by atoms with Crippen molar-refractivity contribution in [1.82, 2.24) is 30.6 Å². The zero-order valence-corrected chi connectivity index (χ0v) is 13.3. The topological polar surface area (TPSA) is 99.8 Å². The Hall–Kier alpha value is -3.55. The van der Waals surface area contributed by atoms with Crippen LogP contribution >= 0.6 is 0 Å². The van der Waals surface area contributed by atoms with Crippen molar-refractivity contribution in [2.45, 2.75) is 13.1 Å². The van der Waals surface area contributed by atoms with Crippen LogP contribution in [0.4, 0.5) is 0 Å². The van der Waals surface area contributed by atoms with Gasteiger partial charge in [-0.2, -0.15) is 4.80 Å². The molecule has 8 nitrogen and oxygen atoms in total. The SMILES string of the molecule is N=C1c2ccccc2CN1NC(=O)Cn1nnc(-c2ccccc2)n1. The van der Waals surface area contributed by atoms with Crippen molar-refractivity contribution in [2.75, 3.05) is 0 Å². The Morgan fingerprint density at radius 2 is 1.88 bits per heavy atom. The van der Waals surface area contributed by atoms with Gasteiger partial charge in [-0.1, -0.05) is 54.6 Å². The molecule has 1 amide bonds. The van der Waals surface area contributed by atoms with E-state index in [2.05, 4.69) is 20.8 Å². The van der Waals surface area contributed by atoms with E-state index >= 15 is 0 Å². The van der Waals surface area contributed by atoms with Crippen molar-refractivity contribution in [3.05, 3.63) is 65.7 Å². The second kappa shape index (κ2) is 6.16. The maximum absolute atomic E-state index is 12.2. The summed E-state index contributed by atoms with van der Waals surface area (Å²) in [4.78, 5) is 13.5. The maximum atomic E-state index is 12.2. The molecule has 1 aliphatic rings. The summed E-state index contributed by atoms with van der Waals surface area (Å²) in [6, 6.07) is 17.1. The maximum Gasteiger partial charge on any atom is 0.262 e. The molecule has 0 atom stereocenters. The summed E-state index contributed by atoms with van der Waals surface area (Å²) in [6.45, 7) is 0.404. The molecule has 4 rings (SSSR count). The van der Waals surface area contributed by atoms with Crippen LogP contribution in [0.1, 0.15) is 11.1 Å². The molecule has 0 spiro atoms. The second-order valence-corrected chi connectivity index (χ2v) is 5.64. The van der Waals surface area contributed by atoms with Gasteiger partial charge in [0, 0.05) is 11.1 Å². The van der Waals surface area contributed by atoms with Gasteiger partial charge in [-0.25, -0.2) is 0 Å². The summed E-state index contributed by atoms with van der Waals surface area (Å²) in [5.74, 6) is 0.435. The fourth-order valence-electron chi connectivity index (χ4n) is 2.71. The standard InChI is InChI=1S/C17H15N7O/c18-16-14-9-5-4-8-13(14)10-23(16)20-15(25)11-24-21-17(19-22-24)12-6-2-1-3-7-12/h1-9,18H,10-11H2,(H,20,25). The zero-order valence-electron chi connectivity index (χ0n) is 13.3. The molecule has 0 radical (unpaired) electrons. The number of benzene rings is 2. The van der Waals surface area contributed by atoms with Gasteiger partial charge in [-0.3, -0.25) is 20.6 Å². The number of aromatic nitrogens is 4. The average molecular weight is 333 g/mol. The molecule has 25 heavy (non-hydrogen) atoms. The number of fused-ring (bicyclic) bond motifs is 1. The third-order valence-corrected chi connectivity index (χ3v) is 3.90. The number of tetrazole rings is 1. The molecule has 1 aliphatic heterocycles. The van der Waals surface area contributed by atoms with Crippen LogP contribution in [0.25, 0.3) is 11.4 Å². The molecule has 0 fully saturated rings. The van der Waals surface area contributed by atoms with Crippen LogP contribution in [0.2, 0.25) is 0 Å². The summed E-state index contributed by atoms with van der Waals surface area (Å²) in [5.41, 5.74) is 5.39. The van der Waals surface area contributed by atoms with Gasteiger partial charge >= 0.3 is 0 Å². The zero-order chi connectivity index (χ0) is 17.2. The number of rotatable bonds is 4. The van der Waals surface area contributed by atoms with Crippen LogP contribution in [0, 0.1) is 5.41 Å². The van der Waals surface area contributed by atoms with Crippen molar-refractivity contribution < 1.29 is 4.79 Å². The molecule has 3 aromatic rings. The minimum absolute atomic E-state index is 0.0695. The van der Waals surface area contributed by atoms with E-state index in [1.807, 2.05) is 54.6 Å². The van der Waals surface area contributed by atoms with Crippen LogP contribution in [0.5, 0.6) is 0 Å². The number of amidine groups is 1. The summed E-state index contributed by atoms with van der Waals surface area (Å²) >= 11 is 0. The molecular formula is C17H15N7O. The van der Waals surface area contributed by atoms with Gasteiger partial charge in [-0.15, -0.1) is 10.2 Å². The lowest BCUT2D eigenvalue weighted by molar-refractivity contribution is -0.125.